The molecule has 4 rings (SSSR count). The molecule has 0 aromatic carbocycles. The van der Waals surface area contributed by atoms with Crippen LogP contribution in [0.3, 0.4) is 0 Å². The SMILES string of the molecule is C=C1C2CCC3=C4CC[C@H](C(C)CC[C@H](CC)C(C)C)[C@@]4(C)CCC3[C@@]2(C)CC[C@@H]1O. The Morgan fingerprint density at radius 3 is 2.39 bits per heavy atom. The van der Waals surface area contributed by atoms with Crippen LogP contribution in [0.5, 0.6) is 0 Å². The zero-order valence-corrected chi connectivity index (χ0v) is 21.5. The molecule has 176 valence electrons. The lowest BCUT2D eigenvalue weighted by atomic mass is 9.48. The molecule has 0 aliphatic heterocycles. The van der Waals surface area contributed by atoms with Crippen LogP contribution < -0.4 is 0 Å². The summed E-state index contributed by atoms with van der Waals surface area (Å²) in [6, 6.07) is 0. The van der Waals surface area contributed by atoms with Crippen LogP contribution in [0.1, 0.15) is 112 Å². The van der Waals surface area contributed by atoms with E-state index in [2.05, 4.69) is 48.1 Å². The Morgan fingerprint density at radius 2 is 1.71 bits per heavy atom. The number of fused-ring (bicyclic) bond motifs is 4. The lowest BCUT2D eigenvalue weighted by Crippen LogP contribution is -2.49. The summed E-state index contributed by atoms with van der Waals surface area (Å²) in [6.45, 7) is 19.3. The Kier molecular flexibility index (Phi) is 6.59. The monoisotopic (exact) mass is 426 g/mol. The van der Waals surface area contributed by atoms with E-state index in [4.69, 9.17) is 0 Å². The summed E-state index contributed by atoms with van der Waals surface area (Å²) in [6.07, 6.45) is 14.1. The number of hydrogen-bond acceptors (Lipinski definition) is 1. The van der Waals surface area contributed by atoms with Gasteiger partial charge in [-0.2, -0.15) is 0 Å². The van der Waals surface area contributed by atoms with Crippen molar-refractivity contribution in [1.82, 2.24) is 0 Å². The van der Waals surface area contributed by atoms with Crippen molar-refractivity contribution >= 4 is 0 Å². The maximum Gasteiger partial charge on any atom is 0.0750 e. The van der Waals surface area contributed by atoms with Crippen molar-refractivity contribution in [2.24, 2.45) is 46.3 Å². The van der Waals surface area contributed by atoms with Gasteiger partial charge in [-0.1, -0.05) is 72.1 Å². The second-order valence-electron chi connectivity index (χ2n) is 12.9. The van der Waals surface area contributed by atoms with Gasteiger partial charge in [0.1, 0.15) is 0 Å². The van der Waals surface area contributed by atoms with Crippen LogP contribution in [0.2, 0.25) is 0 Å². The molecule has 0 spiro atoms. The quantitative estimate of drug-likeness (QED) is 0.423. The van der Waals surface area contributed by atoms with E-state index >= 15 is 0 Å². The van der Waals surface area contributed by atoms with Crippen LogP contribution in [0.25, 0.3) is 0 Å². The smallest absolute Gasteiger partial charge is 0.0750 e. The van der Waals surface area contributed by atoms with Crippen molar-refractivity contribution in [3.8, 4) is 0 Å². The minimum atomic E-state index is -0.254. The molecule has 0 aromatic heterocycles. The van der Waals surface area contributed by atoms with Gasteiger partial charge in [0.25, 0.3) is 0 Å². The van der Waals surface area contributed by atoms with E-state index in [0.717, 1.165) is 41.6 Å². The van der Waals surface area contributed by atoms with Gasteiger partial charge in [0.15, 0.2) is 0 Å². The van der Waals surface area contributed by atoms with E-state index in [1.807, 2.05) is 11.1 Å². The standard InChI is InChI=1S/C30H50O/c1-8-22(19(2)3)10-9-20(4)24-13-14-26-23-11-12-25-21(5)28(31)16-18-30(25,7)27(23)15-17-29(24,26)6/h19-20,22,24-25,27-28,31H,5,8-18H2,1-4,6-7H3/t20?,22-,24+,25?,27?,28-,29+,30-/m0/s1. The molecule has 8 atom stereocenters. The second-order valence-corrected chi connectivity index (χ2v) is 12.9. The number of aliphatic hydroxyl groups is 1. The molecule has 3 fully saturated rings. The molecule has 1 N–H and O–H groups in total. The van der Waals surface area contributed by atoms with Crippen molar-refractivity contribution in [2.45, 2.75) is 118 Å². The van der Waals surface area contributed by atoms with Gasteiger partial charge in [-0.25, -0.2) is 0 Å². The minimum absolute atomic E-state index is 0.254. The maximum atomic E-state index is 10.4. The van der Waals surface area contributed by atoms with Gasteiger partial charge in [-0.3, -0.25) is 0 Å². The van der Waals surface area contributed by atoms with Crippen LogP contribution in [0.4, 0.5) is 0 Å². The van der Waals surface area contributed by atoms with E-state index in [0.29, 0.717) is 16.7 Å². The number of hydrogen-bond donors (Lipinski definition) is 1. The van der Waals surface area contributed by atoms with Crippen molar-refractivity contribution in [2.75, 3.05) is 0 Å². The molecule has 0 amide bonds. The highest BCUT2D eigenvalue weighted by Crippen LogP contribution is 2.66. The normalized spacial score (nSPS) is 42.3. The van der Waals surface area contributed by atoms with Crippen molar-refractivity contribution in [3.63, 3.8) is 0 Å². The maximum absolute atomic E-state index is 10.4. The topological polar surface area (TPSA) is 20.2 Å². The molecule has 0 bridgehead atoms. The van der Waals surface area contributed by atoms with E-state index in [1.54, 1.807) is 0 Å². The zero-order valence-electron chi connectivity index (χ0n) is 21.5. The average molecular weight is 427 g/mol. The Bertz CT molecular complexity index is 716. The van der Waals surface area contributed by atoms with E-state index in [-0.39, 0.29) is 6.10 Å². The number of rotatable bonds is 6. The fraction of sp³-hybridized carbons (Fsp3) is 0.867. The summed E-state index contributed by atoms with van der Waals surface area (Å²) in [4.78, 5) is 0. The summed E-state index contributed by atoms with van der Waals surface area (Å²) < 4.78 is 0. The molecule has 3 unspecified atom stereocenters. The minimum Gasteiger partial charge on any atom is -0.389 e. The van der Waals surface area contributed by atoms with Crippen LogP contribution >= 0.6 is 0 Å². The van der Waals surface area contributed by atoms with Crippen LogP contribution in [-0.2, 0) is 0 Å². The van der Waals surface area contributed by atoms with Crippen molar-refractivity contribution in [1.29, 1.82) is 0 Å². The number of allylic oxidation sites excluding steroid dienone is 2. The molecule has 4 aliphatic carbocycles. The van der Waals surface area contributed by atoms with Crippen molar-refractivity contribution < 1.29 is 5.11 Å². The summed E-state index contributed by atoms with van der Waals surface area (Å²) in [7, 11) is 0. The summed E-state index contributed by atoms with van der Waals surface area (Å²) in [5, 5.41) is 10.4. The lowest BCUT2D eigenvalue weighted by molar-refractivity contribution is 0.00280. The fourth-order valence-electron chi connectivity index (χ4n) is 9.17. The Balaban J connectivity index is 1.54. The van der Waals surface area contributed by atoms with E-state index in [9.17, 15) is 5.11 Å². The molecule has 1 nitrogen and oxygen atoms in total. The molecule has 0 aromatic rings. The van der Waals surface area contributed by atoms with Gasteiger partial charge in [0.05, 0.1) is 6.10 Å². The first-order chi connectivity index (χ1) is 14.6. The molecule has 0 saturated heterocycles. The highest BCUT2D eigenvalue weighted by Gasteiger charge is 2.56. The van der Waals surface area contributed by atoms with Gasteiger partial charge in [0, 0.05) is 0 Å². The first-order valence-electron chi connectivity index (χ1n) is 13.7. The predicted octanol–water partition coefficient (Wildman–Crippen LogP) is 8.34. The molecule has 0 heterocycles. The summed E-state index contributed by atoms with van der Waals surface area (Å²) in [5.41, 5.74) is 5.72. The Labute approximate surface area is 193 Å². The Hall–Kier alpha value is -0.560. The predicted molar refractivity (Wildman–Crippen MR) is 133 cm³/mol. The summed E-state index contributed by atoms with van der Waals surface area (Å²) >= 11 is 0. The first-order valence-corrected chi connectivity index (χ1v) is 13.7. The van der Waals surface area contributed by atoms with E-state index in [1.165, 1.54) is 64.2 Å². The van der Waals surface area contributed by atoms with Crippen molar-refractivity contribution in [3.05, 3.63) is 23.3 Å². The van der Waals surface area contributed by atoms with Gasteiger partial charge >= 0.3 is 0 Å². The van der Waals surface area contributed by atoms with Gasteiger partial charge in [0.2, 0.25) is 0 Å². The lowest BCUT2D eigenvalue weighted by Gasteiger charge is -2.57. The molecule has 1 heteroatoms. The largest absolute Gasteiger partial charge is 0.389 e. The van der Waals surface area contributed by atoms with Crippen LogP contribution in [0.15, 0.2) is 23.3 Å². The van der Waals surface area contributed by atoms with Crippen LogP contribution in [-0.4, -0.2) is 11.2 Å². The molecule has 0 radical (unpaired) electrons. The fourth-order valence-corrected chi connectivity index (χ4v) is 9.17. The van der Waals surface area contributed by atoms with E-state index < -0.39 is 0 Å². The average Bonchev–Trinajstić information content (AvgIpc) is 3.08. The molecule has 3 saturated carbocycles. The Morgan fingerprint density at radius 1 is 0.968 bits per heavy atom. The second kappa shape index (κ2) is 8.66. The third-order valence-electron chi connectivity index (χ3n) is 11.2. The molecule has 31 heavy (non-hydrogen) atoms. The highest BCUT2D eigenvalue weighted by atomic mass is 16.3. The van der Waals surface area contributed by atoms with Gasteiger partial charge < -0.3 is 5.11 Å². The third kappa shape index (κ3) is 3.79. The molecular weight excluding hydrogens is 376 g/mol. The van der Waals surface area contributed by atoms with Gasteiger partial charge in [-0.15, -0.1) is 0 Å². The zero-order chi connectivity index (χ0) is 22.6. The highest BCUT2D eigenvalue weighted by molar-refractivity contribution is 5.36. The van der Waals surface area contributed by atoms with Crippen LogP contribution in [0, 0.1) is 46.3 Å². The summed E-state index contributed by atoms with van der Waals surface area (Å²) in [5.74, 6) is 4.74. The molecule has 4 aliphatic rings. The van der Waals surface area contributed by atoms with Gasteiger partial charge in [-0.05, 0) is 110 Å². The molecular formula is C30H50O. The third-order valence-corrected chi connectivity index (χ3v) is 11.2. The number of aliphatic hydroxyl groups excluding tert-OH is 1. The first kappa shape index (κ1) is 23.6.